The number of fused-ring (bicyclic) bond motifs is 1. The van der Waals surface area contributed by atoms with Gasteiger partial charge in [0.1, 0.15) is 16.4 Å². The summed E-state index contributed by atoms with van der Waals surface area (Å²) in [4.78, 5) is 24.6. The van der Waals surface area contributed by atoms with Gasteiger partial charge in [0.25, 0.3) is 5.91 Å². The van der Waals surface area contributed by atoms with Crippen molar-refractivity contribution >= 4 is 26.8 Å². The molecule has 4 aromatic rings. The van der Waals surface area contributed by atoms with Crippen LogP contribution in [0.25, 0.3) is 22.2 Å². The third kappa shape index (κ3) is 5.05. The molecule has 0 aliphatic carbocycles. The molecule has 10 heteroatoms. The molecule has 202 valence electrons. The molecule has 3 heterocycles. The van der Waals surface area contributed by atoms with E-state index in [1.54, 1.807) is 29.4 Å². The lowest BCUT2D eigenvalue weighted by Gasteiger charge is -2.34. The summed E-state index contributed by atoms with van der Waals surface area (Å²) in [5, 5.41) is 0.784. The largest absolute Gasteiger partial charge is 0.497 e. The van der Waals surface area contributed by atoms with Crippen molar-refractivity contribution in [1.29, 1.82) is 0 Å². The van der Waals surface area contributed by atoms with Crippen LogP contribution in [0.2, 0.25) is 0 Å². The van der Waals surface area contributed by atoms with Gasteiger partial charge in [-0.1, -0.05) is 11.6 Å². The van der Waals surface area contributed by atoms with Gasteiger partial charge in [-0.05, 0) is 55.8 Å². The number of ether oxygens (including phenoxy) is 2. The number of rotatable bonds is 6. The van der Waals surface area contributed by atoms with Gasteiger partial charge in [-0.3, -0.25) is 9.78 Å². The van der Waals surface area contributed by atoms with Gasteiger partial charge in [0.05, 0.1) is 31.0 Å². The van der Waals surface area contributed by atoms with Crippen molar-refractivity contribution in [2.45, 2.75) is 18.7 Å². The van der Waals surface area contributed by atoms with E-state index in [2.05, 4.69) is 11.1 Å². The van der Waals surface area contributed by atoms with Gasteiger partial charge in [-0.15, -0.1) is 0 Å². The molecule has 2 aromatic heterocycles. The number of hydrogen-bond acceptors (Lipinski definition) is 7. The van der Waals surface area contributed by atoms with Crippen molar-refractivity contribution < 1.29 is 22.7 Å². The second kappa shape index (κ2) is 10.6. The van der Waals surface area contributed by atoms with Gasteiger partial charge >= 0.3 is 0 Å². The molecule has 0 N–H and O–H groups in total. The molecular weight excluding hydrogens is 516 g/mol. The van der Waals surface area contributed by atoms with E-state index >= 15 is 0 Å². The van der Waals surface area contributed by atoms with Crippen molar-refractivity contribution in [3.8, 4) is 22.8 Å². The van der Waals surface area contributed by atoms with Gasteiger partial charge in [-0.2, -0.15) is 4.31 Å². The molecule has 1 aliphatic rings. The molecule has 9 nitrogen and oxygen atoms in total. The van der Waals surface area contributed by atoms with Crippen LogP contribution in [0.4, 0.5) is 0 Å². The summed E-state index contributed by atoms with van der Waals surface area (Å²) in [6.45, 7) is 4.81. The predicted molar refractivity (Wildman–Crippen MR) is 149 cm³/mol. The summed E-state index contributed by atoms with van der Waals surface area (Å²) in [6.07, 6.45) is 3.39. The summed E-state index contributed by atoms with van der Waals surface area (Å²) in [7, 11) is -0.954. The monoisotopic (exact) mass is 546 g/mol. The van der Waals surface area contributed by atoms with Crippen LogP contribution in [-0.2, 0) is 10.0 Å². The summed E-state index contributed by atoms with van der Waals surface area (Å²) in [5.41, 5.74) is 4.89. The Hall–Kier alpha value is -4.02. The number of carbonyl (C=O) groups is 1. The third-order valence-electron chi connectivity index (χ3n) is 6.97. The van der Waals surface area contributed by atoms with Gasteiger partial charge in [0.2, 0.25) is 10.0 Å². The quantitative estimate of drug-likeness (QED) is 0.359. The first kappa shape index (κ1) is 26.6. The highest BCUT2D eigenvalue weighted by molar-refractivity contribution is 7.89. The minimum Gasteiger partial charge on any atom is -0.497 e. The fourth-order valence-electron chi connectivity index (χ4n) is 4.95. The van der Waals surface area contributed by atoms with Gasteiger partial charge < -0.3 is 14.4 Å². The minimum absolute atomic E-state index is 0.0391. The lowest BCUT2D eigenvalue weighted by molar-refractivity contribution is 0.0699. The molecule has 0 bridgehead atoms. The molecule has 1 amide bonds. The van der Waals surface area contributed by atoms with E-state index in [0.717, 1.165) is 27.6 Å². The Balaban J connectivity index is 1.45. The van der Waals surface area contributed by atoms with E-state index < -0.39 is 10.0 Å². The number of benzene rings is 2. The van der Waals surface area contributed by atoms with Crippen molar-refractivity contribution in [1.82, 2.24) is 19.2 Å². The number of aryl methyl sites for hydroxylation is 2. The first-order valence-electron chi connectivity index (χ1n) is 12.6. The van der Waals surface area contributed by atoms with Gasteiger partial charge in [0, 0.05) is 55.6 Å². The Kier molecular flexibility index (Phi) is 7.24. The van der Waals surface area contributed by atoms with Crippen LogP contribution in [0.1, 0.15) is 21.5 Å². The fraction of sp³-hybridized carbons (Fsp3) is 0.276. The number of hydrogen-bond donors (Lipinski definition) is 0. The number of amides is 1. The maximum absolute atomic E-state index is 13.9. The molecule has 0 saturated carbocycles. The number of piperazine rings is 1. The van der Waals surface area contributed by atoms with Crippen LogP contribution in [0.5, 0.6) is 11.5 Å². The van der Waals surface area contributed by atoms with Gasteiger partial charge in [0.15, 0.2) is 0 Å². The predicted octanol–water partition coefficient (Wildman–Crippen LogP) is 4.08. The van der Waals surface area contributed by atoms with Crippen molar-refractivity contribution in [2.75, 3.05) is 40.4 Å². The van der Waals surface area contributed by atoms with Crippen LogP contribution in [0.15, 0.2) is 65.8 Å². The Labute approximate surface area is 228 Å². The average Bonchev–Trinajstić information content (AvgIpc) is 2.96. The smallest absolute Gasteiger partial charge is 0.254 e. The zero-order valence-electron chi connectivity index (χ0n) is 22.3. The number of aromatic nitrogens is 2. The van der Waals surface area contributed by atoms with E-state index in [-0.39, 0.29) is 42.7 Å². The van der Waals surface area contributed by atoms with E-state index in [1.165, 1.54) is 24.6 Å². The highest BCUT2D eigenvalue weighted by Crippen LogP contribution is 2.32. The highest BCUT2D eigenvalue weighted by Gasteiger charge is 2.33. The Morgan fingerprint density at radius 2 is 1.62 bits per heavy atom. The molecule has 1 aliphatic heterocycles. The molecule has 5 rings (SSSR count). The second-order valence-electron chi connectivity index (χ2n) is 9.48. The van der Waals surface area contributed by atoms with Crippen molar-refractivity contribution in [3.63, 3.8) is 0 Å². The zero-order chi connectivity index (χ0) is 27.7. The zero-order valence-corrected chi connectivity index (χ0v) is 23.2. The molecule has 1 fully saturated rings. The van der Waals surface area contributed by atoms with Crippen LogP contribution < -0.4 is 9.47 Å². The lowest BCUT2D eigenvalue weighted by Crippen LogP contribution is -2.50. The second-order valence-corrected chi connectivity index (χ2v) is 11.4. The maximum Gasteiger partial charge on any atom is 0.254 e. The molecular formula is C29H30N4O5S. The van der Waals surface area contributed by atoms with Crippen LogP contribution in [-0.4, -0.2) is 73.9 Å². The topological polar surface area (TPSA) is 102 Å². The number of pyridine rings is 2. The number of carbonyl (C=O) groups excluding carboxylic acids is 1. The van der Waals surface area contributed by atoms with Crippen LogP contribution >= 0.6 is 0 Å². The van der Waals surface area contributed by atoms with E-state index in [4.69, 9.17) is 14.5 Å². The fourth-order valence-corrected chi connectivity index (χ4v) is 6.55. The Morgan fingerprint density at radius 3 is 2.28 bits per heavy atom. The summed E-state index contributed by atoms with van der Waals surface area (Å²) >= 11 is 0. The number of sulfonamides is 1. The lowest BCUT2D eigenvalue weighted by atomic mass is 9.99. The molecule has 0 radical (unpaired) electrons. The average molecular weight is 547 g/mol. The molecule has 1 saturated heterocycles. The Morgan fingerprint density at radius 1 is 0.897 bits per heavy atom. The summed E-state index contributed by atoms with van der Waals surface area (Å²) < 4.78 is 38.9. The molecule has 0 atom stereocenters. The van der Waals surface area contributed by atoms with Crippen LogP contribution in [0.3, 0.4) is 0 Å². The van der Waals surface area contributed by atoms with Crippen molar-refractivity contribution in [3.05, 3.63) is 77.6 Å². The number of methoxy groups -OCH3 is 2. The SMILES string of the molecule is COc1ccc(OC)c(S(=O)(=O)N2CCN(C(=O)c3cc(-c4ccncc4)nc4c(C)cc(C)cc34)CC2)c1. The standard InChI is InChI=1S/C29H30N4O5S/c1-19-15-20(2)28-23(16-19)24(18-25(31-28)21-7-9-30-10-8-21)29(34)32-11-13-33(14-12-32)39(35,36)27-17-22(37-3)5-6-26(27)38-4/h5-10,15-18H,11-14H2,1-4H3. The maximum atomic E-state index is 13.9. The Bertz CT molecular complexity index is 1650. The van der Waals surface area contributed by atoms with E-state index in [9.17, 15) is 13.2 Å². The molecule has 2 aromatic carbocycles. The first-order valence-corrected chi connectivity index (χ1v) is 14.0. The third-order valence-corrected chi connectivity index (χ3v) is 8.89. The number of nitrogens with zero attached hydrogens (tertiary/aromatic N) is 4. The summed E-state index contributed by atoms with van der Waals surface area (Å²) in [6, 6.07) is 14.3. The van der Waals surface area contributed by atoms with Gasteiger partial charge in [-0.25, -0.2) is 13.4 Å². The summed E-state index contributed by atoms with van der Waals surface area (Å²) in [5.74, 6) is 0.508. The first-order chi connectivity index (χ1) is 18.7. The highest BCUT2D eigenvalue weighted by atomic mass is 32.2. The van der Waals surface area contributed by atoms with E-state index in [1.807, 2.05) is 38.1 Å². The molecule has 0 spiro atoms. The normalized spacial score (nSPS) is 14.4. The van der Waals surface area contributed by atoms with E-state index in [0.29, 0.717) is 17.0 Å². The van der Waals surface area contributed by atoms with Crippen LogP contribution in [0, 0.1) is 13.8 Å². The minimum atomic E-state index is -3.87. The molecule has 0 unspecified atom stereocenters. The van der Waals surface area contributed by atoms with Crippen molar-refractivity contribution in [2.24, 2.45) is 0 Å². The molecule has 39 heavy (non-hydrogen) atoms.